The zero-order chi connectivity index (χ0) is 9.68. The van der Waals surface area contributed by atoms with Crippen LogP contribution >= 0.6 is 0 Å². The number of likely N-dealkylation sites (N-methyl/N-ethyl adjacent to an activating group) is 1. The second-order valence-corrected chi connectivity index (χ2v) is 3.13. The number of terminal acetylenes is 1. The largest absolute Gasteiger partial charge is 0.306 e. The lowest BCUT2D eigenvalue weighted by molar-refractivity contribution is 0.586. The third-order valence-corrected chi connectivity index (χ3v) is 2.32. The van der Waals surface area contributed by atoms with Gasteiger partial charge >= 0.3 is 0 Å². The minimum atomic E-state index is 0.113. The fraction of sp³-hybridized carbons (Fsp3) is 0.333. The van der Waals surface area contributed by atoms with Crippen molar-refractivity contribution in [3.63, 3.8) is 0 Å². The Balaban J connectivity index is 2.79. The molecular formula is C12H15N. The van der Waals surface area contributed by atoms with Gasteiger partial charge < -0.3 is 5.32 Å². The summed E-state index contributed by atoms with van der Waals surface area (Å²) in [5.41, 5.74) is 1.28. The van der Waals surface area contributed by atoms with Crippen molar-refractivity contribution in [2.24, 2.45) is 0 Å². The van der Waals surface area contributed by atoms with E-state index in [0.717, 1.165) is 0 Å². The molecule has 1 heteroatoms. The van der Waals surface area contributed by atoms with E-state index in [9.17, 15) is 0 Å². The molecule has 2 atom stereocenters. The molecule has 1 aromatic carbocycles. The molecular weight excluding hydrogens is 158 g/mol. The van der Waals surface area contributed by atoms with Crippen molar-refractivity contribution in [1.29, 1.82) is 0 Å². The molecule has 0 aliphatic carbocycles. The van der Waals surface area contributed by atoms with E-state index in [1.807, 2.05) is 25.2 Å². The summed E-state index contributed by atoms with van der Waals surface area (Å²) in [7, 11) is 1.89. The lowest BCUT2D eigenvalue weighted by Gasteiger charge is -2.18. The maximum absolute atomic E-state index is 5.41. The third-order valence-electron chi connectivity index (χ3n) is 2.32. The Labute approximate surface area is 80.2 Å². The van der Waals surface area contributed by atoms with Crippen molar-refractivity contribution in [3.8, 4) is 12.3 Å². The van der Waals surface area contributed by atoms with Crippen LogP contribution in [0.5, 0.6) is 0 Å². The van der Waals surface area contributed by atoms with Gasteiger partial charge in [-0.15, -0.1) is 6.42 Å². The van der Waals surface area contributed by atoms with E-state index in [1.54, 1.807) is 0 Å². The Kier molecular flexibility index (Phi) is 3.54. The van der Waals surface area contributed by atoms with Gasteiger partial charge in [0.2, 0.25) is 0 Å². The van der Waals surface area contributed by atoms with E-state index < -0.39 is 0 Å². The molecule has 0 amide bonds. The predicted octanol–water partition coefficient (Wildman–Crippen LogP) is 2.01. The first kappa shape index (κ1) is 9.83. The van der Waals surface area contributed by atoms with Crippen molar-refractivity contribution in [2.75, 3.05) is 7.05 Å². The molecule has 13 heavy (non-hydrogen) atoms. The van der Waals surface area contributed by atoms with Crippen molar-refractivity contribution in [3.05, 3.63) is 35.9 Å². The standard InChI is InChI=1S/C12H15N/c1-4-12(13-3)10(2)11-8-6-5-7-9-11/h1,5-10,12-13H,2-3H3. The second-order valence-electron chi connectivity index (χ2n) is 3.13. The molecule has 1 rings (SSSR count). The molecule has 0 aliphatic rings. The van der Waals surface area contributed by atoms with Gasteiger partial charge in [0.15, 0.2) is 0 Å². The highest BCUT2D eigenvalue weighted by Gasteiger charge is 2.13. The monoisotopic (exact) mass is 173 g/mol. The van der Waals surface area contributed by atoms with Gasteiger partial charge in [0.25, 0.3) is 0 Å². The Hall–Kier alpha value is -1.26. The predicted molar refractivity (Wildman–Crippen MR) is 56.5 cm³/mol. The summed E-state index contributed by atoms with van der Waals surface area (Å²) in [5.74, 6) is 3.10. The molecule has 1 aromatic rings. The lowest BCUT2D eigenvalue weighted by atomic mass is 9.94. The van der Waals surface area contributed by atoms with Crippen LogP contribution in [0.25, 0.3) is 0 Å². The molecule has 0 radical (unpaired) electrons. The Morgan fingerprint density at radius 2 is 1.92 bits per heavy atom. The van der Waals surface area contributed by atoms with Crippen molar-refractivity contribution >= 4 is 0 Å². The molecule has 2 unspecified atom stereocenters. The first-order chi connectivity index (χ1) is 6.29. The number of nitrogens with one attached hydrogen (secondary N) is 1. The molecule has 0 saturated carbocycles. The van der Waals surface area contributed by atoms with E-state index in [4.69, 9.17) is 6.42 Å². The Morgan fingerprint density at radius 3 is 2.38 bits per heavy atom. The van der Waals surface area contributed by atoms with Crippen LogP contribution in [0.1, 0.15) is 18.4 Å². The van der Waals surface area contributed by atoms with Crippen LogP contribution in [0.2, 0.25) is 0 Å². The highest BCUT2D eigenvalue weighted by Crippen LogP contribution is 2.17. The zero-order valence-corrected chi connectivity index (χ0v) is 8.12. The van der Waals surface area contributed by atoms with Crippen LogP contribution in [0, 0.1) is 12.3 Å². The topological polar surface area (TPSA) is 12.0 Å². The first-order valence-corrected chi connectivity index (χ1v) is 4.48. The molecule has 0 spiro atoms. The fourth-order valence-corrected chi connectivity index (χ4v) is 1.43. The summed E-state index contributed by atoms with van der Waals surface area (Å²) in [6, 6.07) is 10.4. The quantitative estimate of drug-likeness (QED) is 0.689. The van der Waals surface area contributed by atoms with Crippen molar-refractivity contribution in [1.82, 2.24) is 5.32 Å². The Bertz CT molecular complexity index is 284. The number of rotatable bonds is 3. The van der Waals surface area contributed by atoms with Crippen molar-refractivity contribution < 1.29 is 0 Å². The molecule has 0 fully saturated rings. The highest BCUT2D eigenvalue weighted by atomic mass is 14.9. The molecule has 0 aromatic heterocycles. The SMILES string of the molecule is C#CC(NC)C(C)c1ccccc1. The van der Waals surface area contributed by atoms with E-state index in [-0.39, 0.29) is 6.04 Å². The van der Waals surface area contributed by atoms with Crippen LogP contribution in [0.3, 0.4) is 0 Å². The second kappa shape index (κ2) is 4.69. The van der Waals surface area contributed by atoms with E-state index in [0.29, 0.717) is 5.92 Å². The third kappa shape index (κ3) is 2.34. The summed E-state index contributed by atoms with van der Waals surface area (Å²) in [4.78, 5) is 0. The lowest BCUT2D eigenvalue weighted by Crippen LogP contribution is -2.28. The normalized spacial score (nSPS) is 14.5. The van der Waals surface area contributed by atoms with E-state index in [2.05, 4.69) is 30.3 Å². The van der Waals surface area contributed by atoms with Crippen molar-refractivity contribution in [2.45, 2.75) is 18.9 Å². The average molecular weight is 173 g/mol. The maximum atomic E-state index is 5.41. The smallest absolute Gasteiger partial charge is 0.0751 e. The van der Waals surface area contributed by atoms with Crippen LogP contribution in [-0.4, -0.2) is 13.1 Å². The van der Waals surface area contributed by atoms with Crippen LogP contribution < -0.4 is 5.32 Å². The average Bonchev–Trinajstić information content (AvgIpc) is 2.21. The summed E-state index contributed by atoms with van der Waals surface area (Å²) >= 11 is 0. The highest BCUT2D eigenvalue weighted by molar-refractivity contribution is 5.23. The number of hydrogen-bond donors (Lipinski definition) is 1. The molecule has 0 aliphatic heterocycles. The van der Waals surface area contributed by atoms with Gasteiger partial charge in [0.1, 0.15) is 0 Å². The van der Waals surface area contributed by atoms with Gasteiger partial charge in [-0.25, -0.2) is 0 Å². The maximum Gasteiger partial charge on any atom is 0.0751 e. The van der Waals surface area contributed by atoms with Gasteiger partial charge in [-0.3, -0.25) is 0 Å². The van der Waals surface area contributed by atoms with E-state index >= 15 is 0 Å². The summed E-state index contributed by atoms with van der Waals surface area (Å²) < 4.78 is 0. The molecule has 1 nitrogen and oxygen atoms in total. The van der Waals surface area contributed by atoms with Gasteiger partial charge in [-0.1, -0.05) is 43.2 Å². The molecule has 1 N–H and O–H groups in total. The van der Waals surface area contributed by atoms with Gasteiger partial charge in [0.05, 0.1) is 6.04 Å². The number of hydrogen-bond acceptors (Lipinski definition) is 1. The minimum Gasteiger partial charge on any atom is -0.306 e. The van der Waals surface area contributed by atoms with Gasteiger partial charge in [-0.05, 0) is 12.6 Å². The van der Waals surface area contributed by atoms with Gasteiger partial charge in [-0.2, -0.15) is 0 Å². The molecule has 0 saturated heterocycles. The molecule has 68 valence electrons. The minimum absolute atomic E-state index is 0.113. The number of benzene rings is 1. The Morgan fingerprint density at radius 1 is 1.31 bits per heavy atom. The molecule has 0 bridgehead atoms. The fourth-order valence-electron chi connectivity index (χ4n) is 1.43. The van der Waals surface area contributed by atoms with Crippen LogP contribution in [0.15, 0.2) is 30.3 Å². The van der Waals surface area contributed by atoms with Crippen LogP contribution in [0.4, 0.5) is 0 Å². The van der Waals surface area contributed by atoms with Gasteiger partial charge in [0, 0.05) is 5.92 Å². The summed E-state index contributed by atoms with van der Waals surface area (Å²) in [6.07, 6.45) is 5.41. The molecule has 0 heterocycles. The summed E-state index contributed by atoms with van der Waals surface area (Å²) in [5, 5.41) is 3.11. The first-order valence-electron chi connectivity index (χ1n) is 4.48. The summed E-state index contributed by atoms with van der Waals surface area (Å²) in [6.45, 7) is 2.14. The van der Waals surface area contributed by atoms with Crippen LogP contribution in [-0.2, 0) is 0 Å². The zero-order valence-electron chi connectivity index (χ0n) is 8.12. The van der Waals surface area contributed by atoms with E-state index in [1.165, 1.54) is 5.56 Å².